The van der Waals surface area contributed by atoms with Gasteiger partial charge in [0.05, 0.1) is 17.0 Å². The molecule has 1 aliphatic heterocycles. The van der Waals surface area contributed by atoms with E-state index in [0.29, 0.717) is 5.69 Å². The lowest BCUT2D eigenvalue weighted by molar-refractivity contribution is -0.137. The number of fused-ring (bicyclic) bond motifs is 1. The van der Waals surface area contributed by atoms with Gasteiger partial charge in [-0.3, -0.25) is 9.59 Å². The highest BCUT2D eigenvalue weighted by Gasteiger charge is 2.34. The van der Waals surface area contributed by atoms with Crippen molar-refractivity contribution in [2.45, 2.75) is 11.1 Å². The van der Waals surface area contributed by atoms with Gasteiger partial charge in [-0.25, -0.2) is 4.98 Å². The van der Waals surface area contributed by atoms with Crippen molar-refractivity contribution in [1.29, 1.82) is 0 Å². The van der Waals surface area contributed by atoms with E-state index in [4.69, 9.17) is 0 Å². The second kappa shape index (κ2) is 8.51. The molecule has 2 aromatic rings. The number of carbonyl (C=O) groups is 2. The van der Waals surface area contributed by atoms with Crippen molar-refractivity contribution in [3.8, 4) is 0 Å². The van der Waals surface area contributed by atoms with Crippen molar-refractivity contribution >= 4 is 35.1 Å². The van der Waals surface area contributed by atoms with E-state index in [1.807, 2.05) is 12.1 Å². The molecule has 0 aliphatic carbocycles. The molecular weight excluding hydrogens is 393 g/mol. The van der Waals surface area contributed by atoms with E-state index in [2.05, 4.69) is 15.6 Å². The second-order valence-corrected chi connectivity index (χ2v) is 6.93. The summed E-state index contributed by atoms with van der Waals surface area (Å²) in [6.07, 6.45) is -3.26. The van der Waals surface area contributed by atoms with Crippen LogP contribution in [-0.2, 0) is 15.8 Å². The molecule has 28 heavy (non-hydrogen) atoms. The quantitative estimate of drug-likeness (QED) is 0.717. The third kappa shape index (κ3) is 4.75. The number of halogens is 3. The number of anilines is 2. The number of carbonyl (C=O) groups excluding carboxylic acids is 2. The van der Waals surface area contributed by atoms with Crippen LogP contribution in [0.3, 0.4) is 0 Å². The molecule has 2 heterocycles. The fourth-order valence-electron chi connectivity index (χ4n) is 2.68. The van der Waals surface area contributed by atoms with E-state index in [1.165, 1.54) is 28.9 Å². The highest BCUT2D eigenvalue weighted by molar-refractivity contribution is 8.00. The van der Waals surface area contributed by atoms with Gasteiger partial charge in [0, 0.05) is 24.2 Å². The Morgan fingerprint density at radius 1 is 1.18 bits per heavy atom. The number of thioether (sulfide) groups is 1. The van der Waals surface area contributed by atoms with E-state index in [0.717, 1.165) is 11.0 Å². The highest BCUT2D eigenvalue weighted by Crippen LogP contribution is 2.35. The molecule has 0 radical (unpaired) electrons. The first-order chi connectivity index (χ1) is 13.4. The van der Waals surface area contributed by atoms with Gasteiger partial charge < -0.3 is 15.5 Å². The number of pyridine rings is 1. The lowest BCUT2D eigenvalue weighted by Gasteiger charge is -2.28. The van der Waals surface area contributed by atoms with Crippen molar-refractivity contribution in [1.82, 2.24) is 10.3 Å². The van der Waals surface area contributed by atoms with Crippen LogP contribution < -0.4 is 15.5 Å². The molecule has 10 heteroatoms. The Kier molecular flexibility index (Phi) is 6.08. The van der Waals surface area contributed by atoms with E-state index >= 15 is 0 Å². The molecule has 148 valence electrons. The van der Waals surface area contributed by atoms with Crippen LogP contribution >= 0.6 is 11.8 Å². The van der Waals surface area contributed by atoms with Gasteiger partial charge in [-0.05, 0) is 24.3 Å². The number of aromatic nitrogens is 1. The predicted molar refractivity (Wildman–Crippen MR) is 100 cm³/mol. The lowest BCUT2D eigenvalue weighted by Crippen LogP contribution is -2.44. The van der Waals surface area contributed by atoms with Gasteiger partial charge in [-0.1, -0.05) is 12.1 Å². The molecular formula is C18H17F3N4O2S. The smallest absolute Gasteiger partial charge is 0.368 e. The Morgan fingerprint density at radius 3 is 2.75 bits per heavy atom. The SMILES string of the molecule is O=C(CN1C(=O)CSc2ccccc21)NCCNc1ncccc1C(F)(F)F. The molecule has 0 fully saturated rings. The van der Waals surface area contributed by atoms with Crippen LogP contribution in [0.4, 0.5) is 24.7 Å². The van der Waals surface area contributed by atoms with Gasteiger partial charge in [0.2, 0.25) is 11.8 Å². The minimum atomic E-state index is -4.51. The zero-order valence-electron chi connectivity index (χ0n) is 14.6. The number of alkyl halides is 3. The Balaban J connectivity index is 1.52. The molecule has 2 N–H and O–H groups in total. The van der Waals surface area contributed by atoms with Crippen molar-refractivity contribution in [3.05, 3.63) is 48.2 Å². The Hall–Kier alpha value is -2.75. The van der Waals surface area contributed by atoms with Gasteiger partial charge in [0.1, 0.15) is 12.4 Å². The summed E-state index contributed by atoms with van der Waals surface area (Å²) in [5.74, 6) is -0.596. The first-order valence-corrected chi connectivity index (χ1v) is 9.40. The first-order valence-electron chi connectivity index (χ1n) is 8.41. The molecule has 0 bridgehead atoms. The molecule has 0 unspecified atom stereocenters. The maximum absolute atomic E-state index is 12.9. The first kappa shape index (κ1) is 20.0. The predicted octanol–water partition coefficient (Wildman–Crippen LogP) is 2.77. The largest absolute Gasteiger partial charge is 0.419 e. The standard InChI is InChI=1S/C18H17F3N4O2S/c19-18(20,21)12-4-3-7-23-17(12)24-9-8-22-15(26)10-25-13-5-1-2-6-14(13)28-11-16(25)27/h1-7H,8-11H2,(H,22,26)(H,23,24). The monoisotopic (exact) mass is 410 g/mol. The van der Waals surface area contributed by atoms with E-state index in [-0.39, 0.29) is 37.1 Å². The minimum Gasteiger partial charge on any atom is -0.368 e. The van der Waals surface area contributed by atoms with Crippen LogP contribution in [0.2, 0.25) is 0 Å². The summed E-state index contributed by atoms with van der Waals surface area (Å²) in [6.45, 7) is 0.00510. The number of amides is 2. The van der Waals surface area contributed by atoms with Crippen LogP contribution in [0.15, 0.2) is 47.5 Å². The normalized spacial score (nSPS) is 13.8. The fourth-order valence-corrected chi connectivity index (χ4v) is 3.62. The third-order valence-electron chi connectivity index (χ3n) is 3.96. The number of hydrogen-bond donors (Lipinski definition) is 2. The maximum Gasteiger partial charge on any atom is 0.419 e. The molecule has 6 nitrogen and oxygen atoms in total. The van der Waals surface area contributed by atoms with Gasteiger partial charge in [-0.2, -0.15) is 13.2 Å². The average Bonchev–Trinajstić information content (AvgIpc) is 2.67. The lowest BCUT2D eigenvalue weighted by atomic mass is 10.2. The van der Waals surface area contributed by atoms with Crippen LogP contribution in [0.25, 0.3) is 0 Å². The van der Waals surface area contributed by atoms with Crippen LogP contribution in [0, 0.1) is 0 Å². The van der Waals surface area contributed by atoms with Crippen molar-refractivity contribution < 1.29 is 22.8 Å². The molecule has 0 saturated heterocycles. The van der Waals surface area contributed by atoms with Gasteiger partial charge in [0.15, 0.2) is 0 Å². The fraction of sp³-hybridized carbons (Fsp3) is 0.278. The Morgan fingerprint density at radius 2 is 1.96 bits per heavy atom. The minimum absolute atomic E-state index is 0.0617. The Bertz CT molecular complexity index is 876. The van der Waals surface area contributed by atoms with Crippen molar-refractivity contribution in [2.75, 3.05) is 35.6 Å². The zero-order valence-corrected chi connectivity index (χ0v) is 15.4. The van der Waals surface area contributed by atoms with Crippen molar-refractivity contribution in [2.24, 2.45) is 0 Å². The molecule has 0 saturated carbocycles. The maximum atomic E-state index is 12.9. The summed E-state index contributed by atoms with van der Waals surface area (Å²) in [7, 11) is 0. The van der Waals surface area contributed by atoms with E-state index < -0.39 is 17.6 Å². The summed E-state index contributed by atoms with van der Waals surface area (Å²) < 4.78 is 38.7. The summed E-state index contributed by atoms with van der Waals surface area (Å²) in [4.78, 5) is 30.3. The van der Waals surface area contributed by atoms with Crippen LogP contribution in [-0.4, -0.2) is 42.2 Å². The third-order valence-corrected chi connectivity index (χ3v) is 5.01. The van der Waals surface area contributed by atoms with Gasteiger partial charge in [0.25, 0.3) is 0 Å². The van der Waals surface area contributed by atoms with E-state index in [1.54, 1.807) is 12.1 Å². The number of nitrogens with zero attached hydrogens (tertiary/aromatic N) is 2. The zero-order chi connectivity index (χ0) is 20.1. The summed E-state index contributed by atoms with van der Waals surface area (Å²) >= 11 is 1.42. The average molecular weight is 410 g/mol. The second-order valence-electron chi connectivity index (χ2n) is 5.91. The Labute approximate surface area is 163 Å². The highest BCUT2D eigenvalue weighted by atomic mass is 32.2. The van der Waals surface area contributed by atoms with Crippen LogP contribution in [0.1, 0.15) is 5.56 Å². The topological polar surface area (TPSA) is 74.3 Å². The number of benzene rings is 1. The number of nitrogens with one attached hydrogen (secondary N) is 2. The summed E-state index contributed by atoms with van der Waals surface area (Å²) in [5, 5.41) is 5.17. The van der Waals surface area contributed by atoms with Gasteiger partial charge in [-0.15, -0.1) is 11.8 Å². The number of rotatable bonds is 6. The van der Waals surface area contributed by atoms with Crippen LogP contribution in [0.5, 0.6) is 0 Å². The molecule has 1 aliphatic rings. The molecule has 0 atom stereocenters. The molecule has 3 rings (SSSR count). The number of hydrogen-bond acceptors (Lipinski definition) is 5. The molecule has 0 spiro atoms. The van der Waals surface area contributed by atoms with E-state index in [9.17, 15) is 22.8 Å². The molecule has 2 amide bonds. The van der Waals surface area contributed by atoms with Gasteiger partial charge >= 0.3 is 6.18 Å². The summed E-state index contributed by atoms with van der Waals surface area (Å²) in [5.41, 5.74) is -0.185. The van der Waals surface area contributed by atoms with Crippen molar-refractivity contribution in [3.63, 3.8) is 0 Å². The molecule has 1 aromatic heterocycles. The molecule has 1 aromatic carbocycles. The number of para-hydroxylation sites is 1. The summed E-state index contributed by atoms with van der Waals surface area (Å²) in [6, 6.07) is 9.45.